The maximum Gasteiger partial charge on any atom is 0.187 e. The van der Waals surface area contributed by atoms with Gasteiger partial charge < -0.3 is 14.8 Å². The number of H-pyrrole nitrogens is 1. The van der Waals surface area contributed by atoms with E-state index in [1.807, 2.05) is 17.9 Å². The summed E-state index contributed by atoms with van der Waals surface area (Å²) in [7, 11) is 0. The highest BCUT2D eigenvalue weighted by atomic mass is 19.1. The van der Waals surface area contributed by atoms with Crippen LogP contribution >= 0.6 is 0 Å². The summed E-state index contributed by atoms with van der Waals surface area (Å²) in [6.07, 6.45) is 5.15. The van der Waals surface area contributed by atoms with Crippen molar-refractivity contribution < 1.29 is 4.39 Å². The van der Waals surface area contributed by atoms with E-state index in [4.69, 9.17) is 0 Å². The van der Waals surface area contributed by atoms with E-state index in [2.05, 4.69) is 29.8 Å². The van der Waals surface area contributed by atoms with Crippen LogP contribution in [-0.2, 0) is 0 Å². The molecule has 0 atom stereocenters. The summed E-state index contributed by atoms with van der Waals surface area (Å²) in [5.74, 6) is 1.38. The number of aromatic nitrogens is 5. The summed E-state index contributed by atoms with van der Waals surface area (Å²) in [5.41, 5.74) is 3.53. The van der Waals surface area contributed by atoms with Gasteiger partial charge >= 0.3 is 0 Å². The molecule has 0 unspecified atom stereocenters. The van der Waals surface area contributed by atoms with Gasteiger partial charge in [0.1, 0.15) is 18.2 Å². The molecule has 0 aromatic carbocycles. The topological polar surface area (TPSA) is 73.8 Å². The predicted molar refractivity (Wildman–Crippen MR) is 97.0 cm³/mol. The van der Waals surface area contributed by atoms with Gasteiger partial charge in [-0.25, -0.2) is 24.3 Å². The number of aryl methyl sites for hydroxylation is 1. The fraction of sp³-hybridized carbons (Fsp3) is 0.444. The highest BCUT2D eigenvalue weighted by Gasteiger charge is 2.31. The summed E-state index contributed by atoms with van der Waals surface area (Å²) >= 11 is 0. The molecule has 0 radical (unpaired) electrons. The van der Waals surface area contributed by atoms with Gasteiger partial charge in [-0.2, -0.15) is 0 Å². The zero-order valence-corrected chi connectivity index (χ0v) is 14.6. The minimum atomic E-state index is -0.243. The van der Waals surface area contributed by atoms with Gasteiger partial charge in [-0.3, -0.25) is 0 Å². The third-order valence-corrected chi connectivity index (χ3v) is 5.17. The van der Waals surface area contributed by atoms with Crippen molar-refractivity contribution in [2.75, 3.05) is 36.0 Å². The molecular formula is C18H20FN7. The van der Waals surface area contributed by atoms with Crippen LogP contribution in [0.1, 0.15) is 30.1 Å². The minimum absolute atomic E-state index is 0.243. The molecule has 26 heavy (non-hydrogen) atoms. The number of fused-ring (bicyclic) bond motifs is 1. The number of piperazine rings is 1. The van der Waals surface area contributed by atoms with E-state index in [1.165, 1.54) is 6.33 Å². The molecule has 4 heterocycles. The summed E-state index contributed by atoms with van der Waals surface area (Å²) in [6, 6.07) is 2.02. The molecule has 1 saturated heterocycles. The van der Waals surface area contributed by atoms with Crippen LogP contribution in [0.5, 0.6) is 0 Å². The van der Waals surface area contributed by atoms with Crippen LogP contribution in [0.25, 0.3) is 11.0 Å². The molecule has 7 nitrogen and oxygen atoms in total. The van der Waals surface area contributed by atoms with Crippen molar-refractivity contribution in [2.24, 2.45) is 0 Å². The molecule has 134 valence electrons. The van der Waals surface area contributed by atoms with E-state index in [0.717, 1.165) is 48.5 Å². The summed E-state index contributed by atoms with van der Waals surface area (Å²) in [4.78, 5) is 24.7. The van der Waals surface area contributed by atoms with E-state index in [-0.39, 0.29) is 11.7 Å². The zero-order chi connectivity index (χ0) is 17.7. The van der Waals surface area contributed by atoms with Crippen molar-refractivity contribution in [3.05, 3.63) is 35.9 Å². The van der Waals surface area contributed by atoms with E-state index in [9.17, 15) is 4.39 Å². The molecule has 3 aromatic heterocycles. The van der Waals surface area contributed by atoms with Crippen LogP contribution in [0.15, 0.2) is 18.7 Å². The van der Waals surface area contributed by atoms with Gasteiger partial charge in [0, 0.05) is 37.8 Å². The number of hydrogen-bond donors (Lipinski definition) is 1. The molecule has 0 bridgehead atoms. The first-order chi connectivity index (χ1) is 12.7. The Morgan fingerprint density at radius 1 is 0.962 bits per heavy atom. The Bertz CT molecular complexity index is 957. The van der Waals surface area contributed by atoms with Gasteiger partial charge in [0.05, 0.1) is 11.2 Å². The maximum absolute atomic E-state index is 14.8. The maximum atomic E-state index is 14.8. The monoisotopic (exact) mass is 353 g/mol. The van der Waals surface area contributed by atoms with Crippen molar-refractivity contribution in [1.82, 2.24) is 24.9 Å². The summed E-state index contributed by atoms with van der Waals surface area (Å²) in [5, 5.41) is 0. The van der Waals surface area contributed by atoms with Gasteiger partial charge in [-0.15, -0.1) is 0 Å². The van der Waals surface area contributed by atoms with Crippen LogP contribution in [0.2, 0.25) is 0 Å². The lowest BCUT2D eigenvalue weighted by Gasteiger charge is -2.36. The molecule has 1 saturated carbocycles. The Labute approximate surface area is 150 Å². The second kappa shape index (κ2) is 5.89. The summed E-state index contributed by atoms with van der Waals surface area (Å²) in [6.45, 7) is 4.92. The van der Waals surface area contributed by atoms with Crippen LogP contribution in [0, 0.1) is 12.7 Å². The molecule has 2 fully saturated rings. The molecule has 2 aliphatic rings. The average molecular weight is 353 g/mol. The average Bonchev–Trinajstić information content (AvgIpc) is 3.42. The van der Waals surface area contributed by atoms with Crippen molar-refractivity contribution in [3.63, 3.8) is 0 Å². The first-order valence-electron chi connectivity index (χ1n) is 9.01. The second-order valence-electron chi connectivity index (χ2n) is 7.05. The number of halogens is 1. The normalized spacial score (nSPS) is 17.9. The first kappa shape index (κ1) is 15.5. The number of rotatable bonds is 3. The fourth-order valence-electron chi connectivity index (χ4n) is 3.66. The molecule has 0 amide bonds. The lowest BCUT2D eigenvalue weighted by molar-refractivity contribution is 0.567. The highest BCUT2D eigenvalue weighted by molar-refractivity contribution is 5.86. The predicted octanol–water partition coefficient (Wildman–Crippen LogP) is 2.40. The fourth-order valence-corrected chi connectivity index (χ4v) is 3.66. The largest absolute Gasteiger partial charge is 0.354 e. The zero-order valence-electron chi connectivity index (χ0n) is 14.6. The van der Waals surface area contributed by atoms with E-state index in [0.29, 0.717) is 24.6 Å². The van der Waals surface area contributed by atoms with Crippen molar-refractivity contribution >= 4 is 22.7 Å². The Morgan fingerprint density at radius 2 is 1.62 bits per heavy atom. The first-order valence-corrected chi connectivity index (χ1v) is 9.01. The standard InChI is InChI=1S/C18H20FN7/c1-11-8-13-16(24-11)18(23-9-20-13)26-6-4-25(5-7-26)17-14(19)15(12-2-3-12)21-10-22-17/h8-10,12,24H,2-7H2,1H3. The molecule has 1 aliphatic heterocycles. The van der Waals surface area contributed by atoms with Crippen LogP contribution in [0.3, 0.4) is 0 Å². The molecule has 5 rings (SSSR count). The molecule has 1 aliphatic carbocycles. The van der Waals surface area contributed by atoms with E-state index in [1.54, 1.807) is 6.33 Å². The Kier molecular flexibility index (Phi) is 3.51. The SMILES string of the molecule is Cc1cc2ncnc(N3CCN(c4ncnc(C5CC5)c4F)CC3)c2[nH]1. The number of anilines is 2. The van der Waals surface area contributed by atoms with E-state index >= 15 is 0 Å². The van der Waals surface area contributed by atoms with E-state index < -0.39 is 0 Å². The Hall–Kier alpha value is -2.77. The van der Waals surface area contributed by atoms with Gasteiger partial charge in [0.25, 0.3) is 0 Å². The van der Waals surface area contributed by atoms with Gasteiger partial charge in [0.2, 0.25) is 0 Å². The molecule has 3 aromatic rings. The van der Waals surface area contributed by atoms with Gasteiger partial charge in [-0.05, 0) is 25.8 Å². The Balaban J connectivity index is 1.37. The number of hydrogen-bond acceptors (Lipinski definition) is 6. The quantitative estimate of drug-likeness (QED) is 0.779. The van der Waals surface area contributed by atoms with Crippen molar-refractivity contribution in [2.45, 2.75) is 25.7 Å². The highest BCUT2D eigenvalue weighted by Crippen LogP contribution is 2.41. The summed E-state index contributed by atoms with van der Waals surface area (Å²) < 4.78 is 14.8. The lowest BCUT2D eigenvalue weighted by atomic mass is 10.2. The number of aromatic amines is 1. The minimum Gasteiger partial charge on any atom is -0.354 e. The molecule has 0 spiro atoms. The smallest absolute Gasteiger partial charge is 0.187 e. The van der Waals surface area contributed by atoms with Gasteiger partial charge in [0.15, 0.2) is 17.5 Å². The molecule has 8 heteroatoms. The third-order valence-electron chi connectivity index (χ3n) is 5.17. The van der Waals surface area contributed by atoms with Crippen LogP contribution in [-0.4, -0.2) is 51.1 Å². The molecular weight excluding hydrogens is 333 g/mol. The number of nitrogens with zero attached hydrogens (tertiary/aromatic N) is 6. The second-order valence-corrected chi connectivity index (χ2v) is 7.05. The molecule has 1 N–H and O–H groups in total. The number of nitrogens with one attached hydrogen (secondary N) is 1. The Morgan fingerprint density at radius 3 is 2.35 bits per heavy atom. The van der Waals surface area contributed by atoms with Crippen LogP contribution in [0.4, 0.5) is 16.0 Å². The van der Waals surface area contributed by atoms with Crippen molar-refractivity contribution in [3.8, 4) is 0 Å². The third kappa shape index (κ3) is 2.56. The lowest BCUT2D eigenvalue weighted by Crippen LogP contribution is -2.47. The van der Waals surface area contributed by atoms with Crippen molar-refractivity contribution in [1.29, 1.82) is 0 Å². The van der Waals surface area contributed by atoms with Crippen LogP contribution < -0.4 is 9.80 Å². The van der Waals surface area contributed by atoms with Gasteiger partial charge in [-0.1, -0.05) is 0 Å².